The number of ketones is 2. The lowest BCUT2D eigenvalue weighted by atomic mass is 9.94. The minimum Gasteiger partial charge on any atom is -0.492 e. The van der Waals surface area contributed by atoms with Crippen molar-refractivity contribution in [1.82, 2.24) is 0 Å². The summed E-state index contributed by atoms with van der Waals surface area (Å²) < 4.78 is 5.47. The lowest BCUT2D eigenvalue weighted by Gasteiger charge is -2.14. The van der Waals surface area contributed by atoms with Crippen molar-refractivity contribution < 1.29 is 14.3 Å². The van der Waals surface area contributed by atoms with Crippen molar-refractivity contribution in [2.45, 2.75) is 0 Å². The number of hydrogen-bond donors (Lipinski definition) is 0. The monoisotopic (exact) mass is 266 g/mol. The summed E-state index contributed by atoms with van der Waals surface area (Å²) in [4.78, 5) is 23.5. The topological polar surface area (TPSA) is 43.4 Å². The molecule has 1 aromatic carbocycles. The molecule has 15 heavy (non-hydrogen) atoms. The fourth-order valence-electron chi connectivity index (χ4n) is 1.50. The largest absolute Gasteiger partial charge is 0.492 e. The van der Waals surface area contributed by atoms with E-state index in [-0.39, 0.29) is 17.3 Å². The number of fused-ring (bicyclic) bond motifs is 1. The molecule has 3 nitrogen and oxygen atoms in total. The van der Waals surface area contributed by atoms with Crippen molar-refractivity contribution >= 4 is 27.5 Å². The molecule has 0 saturated carbocycles. The Kier molecular flexibility index (Phi) is 2.44. The van der Waals surface area contributed by atoms with E-state index in [0.717, 1.165) is 0 Å². The van der Waals surface area contributed by atoms with E-state index in [1.54, 1.807) is 18.2 Å². The summed E-state index contributed by atoms with van der Waals surface area (Å²) >= 11 is 3.25. The van der Waals surface area contributed by atoms with Crippen molar-refractivity contribution in [3.05, 3.63) is 45.6 Å². The van der Waals surface area contributed by atoms with Gasteiger partial charge in [0.15, 0.2) is 11.5 Å². The van der Waals surface area contributed by atoms with E-state index in [9.17, 15) is 9.59 Å². The Morgan fingerprint density at radius 3 is 2.67 bits per heavy atom. The van der Waals surface area contributed by atoms with Gasteiger partial charge in [-0.1, -0.05) is 28.1 Å². The molecule has 0 spiro atoms. The summed E-state index contributed by atoms with van der Waals surface area (Å²) in [5.41, 5.74) is 0.789. The second-order valence-electron chi connectivity index (χ2n) is 3.07. The van der Waals surface area contributed by atoms with Crippen LogP contribution in [0.1, 0.15) is 20.7 Å². The summed E-state index contributed by atoms with van der Waals surface area (Å²) in [5.74, 6) is -0.387. The predicted molar refractivity (Wildman–Crippen MR) is 57.9 cm³/mol. The third kappa shape index (κ3) is 1.51. The molecule has 1 aliphatic rings. The Morgan fingerprint density at radius 2 is 2.00 bits per heavy atom. The van der Waals surface area contributed by atoms with Crippen LogP contribution in [-0.2, 0) is 4.74 Å². The first-order valence-corrected chi connectivity index (χ1v) is 5.07. The van der Waals surface area contributed by atoms with Crippen LogP contribution < -0.4 is 0 Å². The number of benzene rings is 1. The minimum absolute atomic E-state index is 0.0828. The molecular formula is C11H7BrO3. The molecule has 4 heteroatoms. The van der Waals surface area contributed by atoms with E-state index >= 15 is 0 Å². The molecule has 76 valence electrons. The maximum atomic E-state index is 11.8. The molecule has 0 fully saturated rings. The molecule has 0 bridgehead atoms. The highest BCUT2D eigenvalue weighted by Gasteiger charge is 2.27. The predicted octanol–water partition coefficient (Wildman–Crippen LogP) is 2.36. The Labute approximate surface area is 94.9 Å². The number of carbonyl (C=O) groups excluding carboxylic acids is 2. The second-order valence-corrected chi connectivity index (χ2v) is 3.92. The van der Waals surface area contributed by atoms with Crippen LogP contribution in [0.15, 0.2) is 34.5 Å². The lowest BCUT2D eigenvalue weighted by molar-refractivity contribution is 0.0916. The number of hydrogen-bond acceptors (Lipinski definition) is 3. The highest BCUT2D eigenvalue weighted by atomic mass is 79.9. The smallest absolute Gasteiger partial charge is 0.229 e. The van der Waals surface area contributed by atoms with Gasteiger partial charge in [0.05, 0.1) is 12.7 Å². The van der Waals surface area contributed by atoms with Gasteiger partial charge in [0.25, 0.3) is 0 Å². The molecule has 0 aliphatic heterocycles. The Morgan fingerprint density at radius 1 is 1.27 bits per heavy atom. The van der Waals surface area contributed by atoms with Gasteiger partial charge < -0.3 is 4.74 Å². The van der Waals surface area contributed by atoms with Gasteiger partial charge in [-0.2, -0.15) is 0 Å². The Balaban J connectivity index is 2.68. The van der Waals surface area contributed by atoms with Crippen LogP contribution in [0.2, 0.25) is 0 Å². The van der Waals surface area contributed by atoms with Crippen LogP contribution in [-0.4, -0.2) is 18.7 Å². The minimum atomic E-state index is -0.264. The average Bonchev–Trinajstić information content (AvgIpc) is 2.23. The van der Waals surface area contributed by atoms with Crippen molar-refractivity contribution in [1.29, 1.82) is 0 Å². The van der Waals surface area contributed by atoms with Gasteiger partial charge in [-0.3, -0.25) is 9.59 Å². The SMILES string of the molecule is COC1=CC(=O)c2cccc(Br)c2C1=O. The number of ether oxygens (including phenoxy) is 1. The van der Waals surface area contributed by atoms with E-state index in [1.807, 2.05) is 0 Å². The van der Waals surface area contributed by atoms with Gasteiger partial charge in [-0.15, -0.1) is 0 Å². The zero-order valence-electron chi connectivity index (χ0n) is 7.91. The number of carbonyl (C=O) groups is 2. The maximum absolute atomic E-state index is 11.8. The third-order valence-corrected chi connectivity index (χ3v) is 2.87. The lowest BCUT2D eigenvalue weighted by Crippen LogP contribution is -2.18. The molecular weight excluding hydrogens is 260 g/mol. The number of rotatable bonds is 1. The van der Waals surface area contributed by atoms with Gasteiger partial charge in [0, 0.05) is 16.1 Å². The fourth-order valence-corrected chi connectivity index (χ4v) is 2.04. The van der Waals surface area contributed by atoms with Crippen LogP contribution in [0.4, 0.5) is 0 Å². The van der Waals surface area contributed by atoms with Crippen molar-refractivity contribution in [2.24, 2.45) is 0 Å². The van der Waals surface area contributed by atoms with Crippen molar-refractivity contribution in [3.8, 4) is 0 Å². The fraction of sp³-hybridized carbons (Fsp3) is 0.0909. The standard InChI is InChI=1S/C11H7BrO3/c1-15-9-5-8(13)6-3-2-4-7(12)10(6)11(9)14/h2-5H,1H3. The highest BCUT2D eigenvalue weighted by Crippen LogP contribution is 2.28. The maximum Gasteiger partial charge on any atom is 0.229 e. The zero-order chi connectivity index (χ0) is 11.0. The molecule has 0 unspecified atom stereocenters. The molecule has 0 aromatic heterocycles. The second kappa shape index (κ2) is 3.62. The first kappa shape index (κ1) is 10.1. The number of halogens is 1. The summed E-state index contributed by atoms with van der Waals surface area (Å²) in [6.07, 6.45) is 1.22. The summed E-state index contributed by atoms with van der Waals surface area (Å²) in [7, 11) is 1.37. The van der Waals surface area contributed by atoms with Gasteiger partial charge in [-0.05, 0) is 6.07 Å². The summed E-state index contributed by atoms with van der Waals surface area (Å²) in [5, 5.41) is 0. The van der Waals surface area contributed by atoms with Gasteiger partial charge >= 0.3 is 0 Å². The molecule has 1 aliphatic carbocycles. The van der Waals surface area contributed by atoms with Crippen LogP contribution in [0.25, 0.3) is 0 Å². The summed E-state index contributed by atoms with van der Waals surface area (Å²) in [6, 6.07) is 5.08. The van der Waals surface area contributed by atoms with Crippen LogP contribution in [0, 0.1) is 0 Å². The molecule has 0 heterocycles. The average molecular weight is 267 g/mol. The summed E-state index contributed by atoms with van der Waals surface area (Å²) in [6.45, 7) is 0. The van der Waals surface area contributed by atoms with E-state index in [1.165, 1.54) is 13.2 Å². The van der Waals surface area contributed by atoms with Gasteiger partial charge in [-0.25, -0.2) is 0 Å². The quantitative estimate of drug-likeness (QED) is 0.784. The molecule has 0 saturated heterocycles. The number of methoxy groups -OCH3 is 1. The Hall–Kier alpha value is -1.42. The van der Waals surface area contributed by atoms with E-state index in [2.05, 4.69) is 15.9 Å². The normalized spacial score (nSPS) is 14.7. The zero-order valence-corrected chi connectivity index (χ0v) is 9.50. The molecule has 0 radical (unpaired) electrons. The van der Waals surface area contributed by atoms with E-state index in [4.69, 9.17) is 4.74 Å². The Bertz CT molecular complexity index is 489. The van der Waals surface area contributed by atoms with E-state index in [0.29, 0.717) is 15.6 Å². The van der Waals surface area contributed by atoms with E-state index < -0.39 is 0 Å². The van der Waals surface area contributed by atoms with Crippen LogP contribution >= 0.6 is 15.9 Å². The molecule has 2 rings (SSSR count). The first-order chi connectivity index (χ1) is 7.15. The van der Waals surface area contributed by atoms with Gasteiger partial charge in [0.2, 0.25) is 5.78 Å². The van der Waals surface area contributed by atoms with Crippen LogP contribution in [0.5, 0.6) is 0 Å². The first-order valence-electron chi connectivity index (χ1n) is 4.28. The molecule has 0 N–H and O–H groups in total. The molecule has 1 aromatic rings. The highest BCUT2D eigenvalue weighted by molar-refractivity contribution is 9.10. The molecule has 0 atom stereocenters. The number of Topliss-reactive ketones (excluding diaryl/α,β-unsaturated/α-hetero) is 1. The van der Waals surface area contributed by atoms with Gasteiger partial charge in [0.1, 0.15) is 0 Å². The molecule has 0 amide bonds. The van der Waals surface area contributed by atoms with Crippen LogP contribution in [0.3, 0.4) is 0 Å². The number of allylic oxidation sites excluding steroid dienone is 2. The van der Waals surface area contributed by atoms with Crippen molar-refractivity contribution in [2.75, 3.05) is 7.11 Å². The third-order valence-electron chi connectivity index (χ3n) is 2.21. The van der Waals surface area contributed by atoms with Crippen molar-refractivity contribution in [3.63, 3.8) is 0 Å².